The van der Waals surface area contributed by atoms with Gasteiger partial charge in [0.05, 0.1) is 0 Å². The van der Waals surface area contributed by atoms with E-state index in [1.807, 2.05) is 16.8 Å². The SMILES string of the molecule is COc1c(Cl)cccc1Nc1[c]([Sn]([CH3])([CH3])[CH3])nn2c1C(=O)NCC2. The zero-order valence-corrected chi connectivity index (χ0v) is 17.8. The molecule has 3 rings (SSSR count). The van der Waals surface area contributed by atoms with Crippen LogP contribution in [0.15, 0.2) is 18.2 Å². The molecule has 0 atom stereocenters. The molecule has 2 N–H and O–H groups in total. The van der Waals surface area contributed by atoms with Crippen molar-refractivity contribution in [2.24, 2.45) is 0 Å². The zero-order valence-electron chi connectivity index (χ0n) is 14.2. The van der Waals surface area contributed by atoms with Gasteiger partial charge < -0.3 is 0 Å². The van der Waals surface area contributed by atoms with Crippen LogP contribution in [0.5, 0.6) is 5.75 Å². The van der Waals surface area contributed by atoms with E-state index in [1.54, 1.807) is 13.2 Å². The average molecular weight is 456 g/mol. The number of hydrogen-bond donors (Lipinski definition) is 2. The van der Waals surface area contributed by atoms with E-state index in [1.165, 1.54) is 0 Å². The van der Waals surface area contributed by atoms with E-state index < -0.39 is 18.4 Å². The molecule has 1 aromatic heterocycles. The van der Waals surface area contributed by atoms with Crippen molar-refractivity contribution in [2.45, 2.75) is 21.4 Å². The Balaban J connectivity index is 2.15. The van der Waals surface area contributed by atoms with Crippen LogP contribution in [0.2, 0.25) is 19.8 Å². The summed E-state index contributed by atoms with van der Waals surface area (Å²) in [5, 5.41) is 11.6. The van der Waals surface area contributed by atoms with Gasteiger partial charge >= 0.3 is 151 Å². The zero-order chi connectivity index (χ0) is 17.5. The Kier molecular flexibility index (Phi) is 4.70. The van der Waals surface area contributed by atoms with Gasteiger partial charge in [0.1, 0.15) is 0 Å². The molecule has 0 aliphatic carbocycles. The summed E-state index contributed by atoms with van der Waals surface area (Å²) in [6, 6.07) is 5.51. The van der Waals surface area contributed by atoms with Gasteiger partial charge in [-0.15, -0.1) is 0 Å². The number of hydrogen-bond acceptors (Lipinski definition) is 4. The van der Waals surface area contributed by atoms with E-state index in [4.69, 9.17) is 21.4 Å². The summed E-state index contributed by atoms with van der Waals surface area (Å²) in [7, 11) is 1.58. The third-order valence-corrected chi connectivity index (χ3v) is 9.27. The first kappa shape index (κ1) is 17.4. The molecular formula is C16H21ClN4O2Sn. The number of halogens is 1. The number of fused-ring (bicyclic) bond motifs is 1. The van der Waals surface area contributed by atoms with E-state index in [0.717, 1.165) is 15.1 Å². The summed E-state index contributed by atoms with van der Waals surface area (Å²) in [4.78, 5) is 19.2. The van der Waals surface area contributed by atoms with Crippen molar-refractivity contribution in [2.75, 3.05) is 19.0 Å². The predicted molar refractivity (Wildman–Crippen MR) is 98.8 cm³/mol. The molecule has 0 unspecified atom stereocenters. The fraction of sp³-hybridized carbons (Fsp3) is 0.375. The summed E-state index contributed by atoms with van der Waals surface area (Å²) in [5.41, 5.74) is 2.11. The van der Waals surface area contributed by atoms with E-state index >= 15 is 0 Å². The number of methoxy groups -OCH3 is 1. The van der Waals surface area contributed by atoms with Gasteiger partial charge in [-0.05, 0) is 0 Å². The number of amides is 1. The fourth-order valence-corrected chi connectivity index (χ4v) is 6.92. The van der Waals surface area contributed by atoms with Gasteiger partial charge in [0, 0.05) is 0 Å². The molecule has 2 aromatic rings. The molecule has 128 valence electrons. The fourth-order valence-electron chi connectivity index (χ4n) is 2.81. The van der Waals surface area contributed by atoms with Crippen LogP contribution in [0.25, 0.3) is 0 Å². The molecule has 8 heteroatoms. The van der Waals surface area contributed by atoms with Crippen LogP contribution in [-0.2, 0) is 6.54 Å². The second kappa shape index (κ2) is 6.48. The molecule has 0 spiro atoms. The van der Waals surface area contributed by atoms with Gasteiger partial charge in [0.15, 0.2) is 0 Å². The standard InChI is InChI=1S/C13H12ClN4O2.3CH3.Sn/c1-20-12-8(14)3-2-4-9(12)17-10-7-16-18-6-5-15-13(19)11(10)18;;;;/h2-4,17H,5-6H2,1H3,(H,15,19);3*1H3;. The summed E-state index contributed by atoms with van der Waals surface area (Å²) < 4.78 is 8.27. The number of carbonyl (C=O) groups is 1. The molecule has 2 heterocycles. The summed E-state index contributed by atoms with van der Waals surface area (Å²) in [6.45, 7) is 1.29. The maximum absolute atomic E-state index is 12.4. The Labute approximate surface area is 150 Å². The molecule has 0 bridgehead atoms. The van der Waals surface area contributed by atoms with Gasteiger partial charge in [0.25, 0.3) is 0 Å². The number of nitrogens with zero attached hydrogens (tertiary/aromatic N) is 2. The van der Waals surface area contributed by atoms with Crippen molar-refractivity contribution in [1.82, 2.24) is 15.1 Å². The number of carbonyl (C=O) groups excluding carboxylic acids is 1. The third-order valence-electron chi connectivity index (χ3n) is 3.92. The number of aromatic nitrogens is 2. The number of rotatable bonds is 4. The topological polar surface area (TPSA) is 68.2 Å². The van der Waals surface area contributed by atoms with E-state index in [2.05, 4.69) is 25.5 Å². The molecule has 6 nitrogen and oxygen atoms in total. The second-order valence-corrected chi connectivity index (χ2v) is 21.3. The van der Waals surface area contributed by atoms with E-state index in [9.17, 15) is 4.79 Å². The van der Waals surface area contributed by atoms with Crippen molar-refractivity contribution in [1.29, 1.82) is 0 Å². The van der Waals surface area contributed by atoms with Crippen LogP contribution >= 0.6 is 11.6 Å². The first-order chi connectivity index (χ1) is 11.3. The Morgan fingerprint density at radius 3 is 2.79 bits per heavy atom. The van der Waals surface area contributed by atoms with Crippen LogP contribution in [0.1, 0.15) is 10.5 Å². The molecule has 0 fully saturated rings. The van der Waals surface area contributed by atoms with Crippen LogP contribution in [0.3, 0.4) is 0 Å². The minimum atomic E-state index is -2.56. The van der Waals surface area contributed by atoms with E-state index in [-0.39, 0.29) is 5.91 Å². The monoisotopic (exact) mass is 456 g/mol. The Morgan fingerprint density at radius 2 is 2.12 bits per heavy atom. The minimum absolute atomic E-state index is 0.0981. The van der Waals surface area contributed by atoms with Gasteiger partial charge in [-0.25, -0.2) is 0 Å². The number of ether oxygens (including phenoxy) is 1. The molecule has 1 amide bonds. The van der Waals surface area contributed by atoms with Gasteiger partial charge in [0.2, 0.25) is 0 Å². The number of benzene rings is 1. The Hall–Kier alpha value is -1.41. The molecule has 24 heavy (non-hydrogen) atoms. The van der Waals surface area contributed by atoms with Crippen LogP contribution < -0.4 is 19.1 Å². The third kappa shape index (κ3) is 3.09. The molecule has 0 saturated heterocycles. The molecule has 1 aliphatic rings. The van der Waals surface area contributed by atoms with Gasteiger partial charge in [-0.1, -0.05) is 0 Å². The summed E-state index contributed by atoms with van der Waals surface area (Å²) >= 11 is 3.66. The van der Waals surface area contributed by atoms with Crippen molar-refractivity contribution in [3.8, 4) is 5.75 Å². The van der Waals surface area contributed by atoms with Crippen molar-refractivity contribution in [3.05, 3.63) is 28.9 Å². The van der Waals surface area contributed by atoms with Gasteiger partial charge in [-0.2, -0.15) is 0 Å². The quantitative estimate of drug-likeness (QED) is 0.696. The van der Waals surface area contributed by atoms with E-state index in [0.29, 0.717) is 29.6 Å². The number of anilines is 2. The maximum atomic E-state index is 12.4. The average Bonchev–Trinajstić information content (AvgIpc) is 2.88. The van der Waals surface area contributed by atoms with Crippen LogP contribution in [0, 0.1) is 0 Å². The summed E-state index contributed by atoms with van der Waals surface area (Å²) in [5.74, 6) is 0.462. The molecular weight excluding hydrogens is 434 g/mol. The first-order valence-corrected chi connectivity index (χ1v) is 18.2. The Bertz CT molecular complexity index is 798. The Morgan fingerprint density at radius 1 is 1.38 bits per heavy atom. The molecule has 1 aromatic carbocycles. The van der Waals surface area contributed by atoms with Crippen molar-refractivity contribution < 1.29 is 9.53 Å². The van der Waals surface area contributed by atoms with Crippen molar-refractivity contribution >= 4 is 51.0 Å². The first-order valence-electron chi connectivity index (χ1n) is 7.82. The van der Waals surface area contributed by atoms with Crippen LogP contribution in [-0.4, -0.2) is 47.7 Å². The summed E-state index contributed by atoms with van der Waals surface area (Å²) in [6.07, 6.45) is 0. The normalized spacial score (nSPS) is 14.1. The molecule has 1 aliphatic heterocycles. The van der Waals surface area contributed by atoms with Crippen molar-refractivity contribution in [3.63, 3.8) is 0 Å². The number of para-hydroxylation sites is 1. The van der Waals surface area contributed by atoms with Crippen LogP contribution in [0.4, 0.5) is 11.4 Å². The predicted octanol–water partition coefficient (Wildman–Crippen LogP) is 2.58. The number of nitrogens with one attached hydrogen (secondary N) is 2. The molecule has 0 radical (unpaired) electrons. The molecule has 0 saturated carbocycles. The van der Waals surface area contributed by atoms with Gasteiger partial charge in [-0.3, -0.25) is 0 Å². The second-order valence-electron chi connectivity index (χ2n) is 6.75.